The first kappa shape index (κ1) is 19.8. The van der Waals surface area contributed by atoms with Crippen LogP contribution in [0.1, 0.15) is 50.7 Å². The van der Waals surface area contributed by atoms with E-state index in [2.05, 4.69) is 9.80 Å². The van der Waals surface area contributed by atoms with Crippen LogP contribution in [0.15, 0.2) is 40.8 Å². The fourth-order valence-corrected chi connectivity index (χ4v) is 6.09. The predicted octanol–water partition coefficient (Wildman–Crippen LogP) is 5.08. The molecular formula is C24H31N3O3. The third-order valence-corrected chi connectivity index (χ3v) is 7.42. The van der Waals surface area contributed by atoms with Gasteiger partial charge in [-0.25, -0.2) is 0 Å². The molecule has 3 heterocycles. The van der Waals surface area contributed by atoms with Gasteiger partial charge in [-0.3, -0.25) is 19.9 Å². The quantitative estimate of drug-likeness (QED) is 0.509. The van der Waals surface area contributed by atoms with Crippen molar-refractivity contribution in [3.8, 4) is 11.3 Å². The van der Waals surface area contributed by atoms with E-state index in [1.54, 1.807) is 12.1 Å². The van der Waals surface area contributed by atoms with Crippen molar-refractivity contribution in [3.05, 3.63) is 52.3 Å². The Morgan fingerprint density at radius 2 is 1.80 bits per heavy atom. The molecule has 2 aliphatic heterocycles. The third-order valence-electron chi connectivity index (χ3n) is 7.42. The van der Waals surface area contributed by atoms with Gasteiger partial charge in [0.15, 0.2) is 0 Å². The number of nitrogens with zero attached hydrogens (tertiary/aromatic N) is 3. The van der Waals surface area contributed by atoms with Crippen LogP contribution in [0.5, 0.6) is 0 Å². The normalized spacial score (nSPS) is 26.0. The van der Waals surface area contributed by atoms with Crippen LogP contribution < -0.4 is 0 Å². The summed E-state index contributed by atoms with van der Waals surface area (Å²) >= 11 is 0. The highest BCUT2D eigenvalue weighted by atomic mass is 16.6. The molecule has 5 rings (SSSR count). The largest absolute Gasteiger partial charge is 0.459 e. The summed E-state index contributed by atoms with van der Waals surface area (Å²) in [6, 6.07) is 12.0. The van der Waals surface area contributed by atoms with Gasteiger partial charge in [0, 0.05) is 31.2 Å². The van der Waals surface area contributed by atoms with Crippen molar-refractivity contribution in [1.29, 1.82) is 0 Å². The van der Waals surface area contributed by atoms with E-state index in [0.717, 1.165) is 31.3 Å². The molecule has 0 N–H and O–H groups in total. The summed E-state index contributed by atoms with van der Waals surface area (Å²) in [6.45, 7) is 4.28. The summed E-state index contributed by atoms with van der Waals surface area (Å²) in [5.74, 6) is 2.29. The average Bonchev–Trinajstić information content (AvgIpc) is 3.44. The van der Waals surface area contributed by atoms with Crippen molar-refractivity contribution in [2.45, 2.75) is 63.6 Å². The molecule has 0 unspecified atom stereocenters. The van der Waals surface area contributed by atoms with Crippen LogP contribution in [0.25, 0.3) is 11.3 Å². The molecule has 160 valence electrons. The fraction of sp³-hybridized carbons (Fsp3) is 0.583. The van der Waals surface area contributed by atoms with Gasteiger partial charge in [0.2, 0.25) is 0 Å². The number of hydrogen-bond acceptors (Lipinski definition) is 5. The molecule has 6 nitrogen and oxygen atoms in total. The Bertz CT molecular complexity index is 889. The van der Waals surface area contributed by atoms with Crippen LogP contribution >= 0.6 is 0 Å². The van der Waals surface area contributed by atoms with Crippen molar-refractivity contribution < 1.29 is 9.34 Å². The van der Waals surface area contributed by atoms with E-state index in [9.17, 15) is 10.1 Å². The summed E-state index contributed by atoms with van der Waals surface area (Å²) in [6.07, 6.45) is 9.46. The number of fused-ring (bicyclic) bond motifs is 1. The highest BCUT2D eigenvalue weighted by Gasteiger charge is 2.43. The molecular weight excluding hydrogens is 378 g/mol. The van der Waals surface area contributed by atoms with Gasteiger partial charge in [-0.2, -0.15) is 0 Å². The number of rotatable bonds is 5. The van der Waals surface area contributed by atoms with E-state index in [1.165, 1.54) is 57.6 Å². The molecule has 2 aromatic rings. The highest BCUT2D eigenvalue weighted by molar-refractivity contribution is 5.69. The van der Waals surface area contributed by atoms with E-state index in [4.69, 9.17) is 4.42 Å². The smallest absolute Gasteiger partial charge is 0.280 e. The second-order valence-electron chi connectivity index (χ2n) is 9.14. The first-order valence-corrected chi connectivity index (χ1v) is 11.5. The zero-order valence-corrected chi connectivity index (χ0v) is 17.5. The van der Waals surface area contributed by atoms with Crippen LogP contribution in [-0.4, -0.2) is 46.4 Å². The predicted molar refractivity (Wildman–Crippen MR) is 116 cm³/mol. The maximum atomic E-state index is 11.4. The minimum absolute atomic E-state index is 0.0954. The molecule has 3 aliphatic rings. The Morgan fingerprint density at radius 3 is 2.63 bits per heavy atom. The van der Waals surface area contributed by atoms with E-state index < -0.39 is 0 Å². The van der Waals surface area contributed by atoms with Gasteiger partial charge in [-0.1, -0.05) is 31.4 Å². The van der Waals surface area contributed by atoms with Crippen LogP contribution in [0.2, 0.25) is 0 Å². The van der Waals surface area contributed by atoms with E-state index in [0.29, 0.717) is 23.4 Å². The molecule has 2 saturated heterocycles. The van der Waals surface area contributed by atoms with Gasteiger partial charge in [0.05, 0.1) is 17.0 Å². The minimum atomic E-state index is -0.337. The Hall–Kier alpha value is -2.18. The summed E-state index contributed by atoms with van der Waals surface area (Å²) in [7, 11) is 0. The molecule has 1 aliphatic carbocycles. The Kier molecular flexibility index (Phi) is 5.61. The first-order chi connectivity index (χ1) is 14.7. The molecule has 1 saturated carbocycles. The van der Waals surface area contributed by atoms with E-state index in [-0.39, 0.29) is 10.6 Å². The second-order valence-corrected chi connectivity index (χ2v) is 9.14. The monoisotopic (exact) mass is 409 g/mol. The van der Waals surface area contributed by atoms with E-state index in [1.807, 2.05) is 18.2 Å². The van der Waals surface area contributed by atoms with Gasteiger partial charge in [-0.15, -0.1) is 0 Å². The van der Waals surface area contributed by atoms with Crippen molar-refractivity contribution in [3.63, 3.8) is 0 Å². The van der Waals surface area contributed by atoms with Crippen molar-refractivity contribution >= 4 is 5.69 Å². The lowest BCUT2D eigenvalue weighted by atomic mass is 9.78. The Balaban J connectivity index is 1.37. The van der Waals surface area contributed by atoms with Crippen LogP contribution in [-0.2, 0) is 6.54 Å². The number of furan rings is 1. The molecule has 0 amide bonds. The zero-order chi connectivity index (χ0) is 20.5. The molecule has 1 aromatic heterocycles. The summed E-state index contributed by atoms with van der Waals surface area (Å²) in [5, 5.41) is 11.4. The third kappa shape index (κ3) is 3.79. The number of piperazine rings is 1. The lowest BCUT2D eigenvalue weighted by molar-refractivity contribution is -0.384. The fourth-order valence-electron chi connectivity index (χ4n) is 6.09. The molecule has 0 bridgehead atoms. The molecule has 0 radical (unpaired) electrons. The zero-order valence-electron chi connectivity index (χ0n) is 17.5. The SMILES string of the molecule is O=[N+]([O-])c1ccccc1-c1ccc(CN2CCN3CCC[C@H]3[C@H]2C2CCCCC2)o1. The standard InChI is InChI=1S/C24H31N3O3/c28-27(29)21-10-5-4-9-20(21)23-13-12-19(30-23)17-26-16-15-25-14-6-11-22(25)24(26)18-7-2-1-3-8-18/h4-5,9-10,12-13,18,22,24H,1-3,6-8,11,14-17H2/t22-,24+/m0/s1. The molecule has 6 heteroatoms. The molecule has 30 heavy (non-hydrogen) atoms. The van der Waals surface area contributed by atoms with Crippen molar-refractivity contribution in [2.24, 2.45) is 5.92 Å². The van der Waals surface area contributed by atoms with Gasteiger partial charge in [0.1, 0.15) is 11.5 Å². The first-order valence-electron chi connectivity index (χ1n) is 11.5. The number of para-hydroxylation sites is 1. The van der Waals surface area contributed by atoms with Gasteiger partial charge in [-0.05, 0) is 56.3 Å². The summed E-state index contributed by atoms with van der Waals surface area (Å²) < 4.78 is 6.15. The molecule has 1 aromatic carbocycles. The van der Waals surface area contributed by atoms with Crippen molar-refractivity contribution in [1.82, 2.24) is 9.80 Å². The second kappa shape index (κ2) is 8.52. The molecule has 2 atom stereocenters. The average molecular weight is 410 g/mol. The van der Waals surface area contributed by atoms with Crippen LogP contribution in [0.4, 0.5) is 5.69 Å². The van der Waals surface area contributed by atoms with Crippen LogP contribution in [0, 0.1) is 16.0 Å². The maximum Gasteiger partial charge on any atom is 0.280 e. The lowest BCUT2D eigenvalue weighted by Crippen LogP contribution is -2.59. The number of benzene rings is 1. The van der Waals surface area contributed by atoms with Gasteiger partial charge >= 0.3 is 0 Å². The topological polar surface area (TPSA) is 62.8 Å². The number of hydrogen-bond donors (Lipinski definition) is 0. The van der Waals surface area contributed by atoms with Gasteiger partial charge in [0.25, 0.3) is 5.69 Å². The molecule has 0 spiro atoms. The minimum Gasteiger partial charge on any atom is -0.459 e. The Labute approximate surface area is 178 Å². The highest BCUT2D eigenvalue weighted by Crippen LogP contribution is 2.38. The Morgan fingerprint density at radius 1 is 0.967 bits per heavy atom. The maximum absolute atomic E-state index is 11.4. The van der Waals surface area contributed by atoms with E-state index >= 15 is 0 Å². The van der Waals surface area contributed by atoms with Crippen LogP contribution in [0.3, 0.4) is 0 Å². The molecule has 3 fully saturated rings. The number of nitro groups is 1. The van der Waals surface area contributed by atoms with Gasteiger partial charge < -0.3 is 4.42 Å². The summed E-state index contributed by atoms with van der Waals surface area (Å²) in [5.41, 5.74) is 0.649. The van der Waals surface area contributed by atoms with Crippen molar-refractivity contribution in [2.75, 3.05) is 19.6 Å². The lowest BCUT2D eigenvalue weighted by Gasteiger charge is -2.49. The number of nitro benzene ring substituents is 1. The summed E-state index contributed by atoms with van der Waals surface area (Å²) in [4.78, 5) is 16.4.